The van der Waals surface area contributed by atoms with Crippen LogP contribution >= 0.6 is 11.6 Å². The molecule has 4 rings (SSSR count). The maximum Gasteiger partial charge on any atom is 0.253 e. The van der Waals surface area contributed by atoms with Crippen LogP contribution in [0.2, 0.25) is 0 Å². The first kappa shape index (κ1) is 36.0. The number of para-hydroxylation sites is 2. The number of carbonyl (C=O) groups is 1. The number of piperidine rings is 1. The number of halogens is 2. The van der Waals surface area contributed by atoms with Crippen LogP contribution in [0, 0.1) is 12.8 Å². The maximum absolute atomic E-state index is 14.6. The molecule has 6 heteroatoms. The van der Waals surface area contributed by atoms with E-state index in [2.05, 4.69) is 45.9 Å². The highest BCUT2D eigenvalue weighted by atomic mass is 35.5. The van der Waals surface area contributed by atoms with Crippen molar-refractivity contribution in [3.63, 3.8) is 0 Å². The molecule has 0 N–H and O–H groups in total. The van der Waals surface area contributed by atoms with Gasteiger partial charge in [0.05, 0.1) is 11.0 Å². The van der Waals surface area contributed by atoms with Crippen molar-refractivity contribution in [3.05, 3.63) is 106 Å². The molecule has 3 aromatic rings. The monoisotopic (exact) mass is 631 g/mol. The Labute approximate surface area is 275 Å². The molecule has 0 radical (unpaired) electrons. The van der Waals surface area contributed by atoms with E-state index in [1.165, 1.54) is 6.42 Å². The minimum absolute atomic E-state index is 0.0288. The summed E-state index contributed by atoms with van der Waals surface area (Å²) in [6.45, 7) is 17.5. The first-order valence-corrected chi connectivity index (χ1v) is 16.8. The van der Waals surface area contributed by atoms with Crippen LogP contribution in [0.1, 0.15) is 114 Å². The Morgan fingerprint density at radius 3 is 2.29 bits per heavy atom. The van der Waals surface area contributed by atoms with Crippen molar-refractivity contribution >= 4 is 34.1 Å². The molecule has 0 aliphatic carbocycles. The third kappa shape index (κ3) is 9.29. The molecule has 2 heterocycles. The summed E-state index contributed by atoms with van der Waals surface area (Å²) in [4.78, 5) is 20.2. The number of fused-ring (bicyclic) bond motifs is 1. The summed E-state index contributed by atoms with van der Waals surface area (Å²) in [6, 6.07) is 13.6. The molecule has 1 amide bonds. The molecule has 1 aromatic heterocycles. The molecule has 242 valence electrons. The number of benzene rings is 2. The van der Waals surface area contributed by atoms with Crippen LogP contribution in [-0.4, -0.2) is 33.4 Å². The van der Waals surface area contributed by atoms with Crippen LogP contribution in [0.5, 0.6) is 0 Å². The minimum atomic E-state index is -1.16. The van der Waals surface area contributed by atoms with Crippen LogP contribution in [-0.2, 0) is 0 Å². The molecule has 2 aromatic carbocycles. The number of amides is 1. The normalized spacial score (nSPS) is 16.0. The van der Waals surface area contributed by atoms with Crippen molar-refractivity contribution in [3.8, 4) is 0 Å². The fourth-order valence-electron chi connectivity index (χ4n) is 5.52. The third-order valence-corrected chi connectivity index (χ3v) is 8.74. The summed E-state index contributed by atoms with van der Waals surface area (Å²) in [6.07, 6.45) is 12.7. The fourth-order valence-corrected chi connectivity index (χ4v) is 5.63. The number of likely N-dealkylation sites (tertiary alicyclic amines) is 1. The molecule has 0 saturated carbocycles. The van der Waals surface area contributed by atoms with Crippen molar-refractivity contribution in [2.45, 2.75) is 93.3 Å². The third-order valence-electron chi connectivity index (χ3n) is 8.41. The van der Waals surface area contributed by atoms with Crippen molar-refractivity contribution in [2.75, 3.05) is 13.1 Å². The maximum atomic E-state index is 14.6. The Kier molecular flexibility index (Phi) is 13.9. The lowest BCUT2D eigenvalue weighted by Gasteiger charge is -2.32. The molecule has 0 bridgehead atoms. The number of nitrogens with zero attached hydrogens (tertiary/aromatic N) is 3. The number of imidazole rings is 1. The van der Waals surface area contributed by atoms with Gasteiger partial charge in [-0.1, -0.05) is 88.2 Å². The second-order valence-electron chi connectivity index (χ2n) is 12.1. The number of hydrogen-bond acceptors (Lipinski definition) is 2. The van der Waals surface area contributed by atoms with Gasteiger partial charge in [-0.3, -0.25) is 9.36 Å². The van der Waals surface area contributed by atoms with Gasteiger partial charge in [-0.25, -0.2) is 9.37 Å². The van der Waals surface area contributed by atoms with E-state index in [0.29, 0.717) is 23.7 Å². The van der Waals surface area contributed by atoms with Crippen LogP contribution in [0.4, 0.5) is 4.39 Å². The zero-order valence-electron chi connectivity index (χ0n) is 28.4. The molecule has 1 fully saturated rings. The number of allylic oxidation sites excluding steroid dienone is 8. The van der Waals surface area contributed by atoms with Crippen LogP contribution in [0.25, 0.3) is 16.6 Å². The fraction of sp³-hybridized carbons (Fsp3) is 0.436. The van der Waals surface area contributed by atoms with Gasteiger partial charge in [-0.2, -0.15) is 0 Å². The predicted octanol–water partition coefficient (Wildman–Crippen LogP) is 11.3. The van der Waals surface area contributed by atoms with Gasteiger partial charge in [0.1, 0.15) is 5.82 Å². The number of aromatic nitrogens is 2. The lowest BCUT2D eigenvalue weighted by atomic mass is 9.91. The molecule has 1 aliphatic rings. The quantitative estimate of drug-likeness (QED) is 0.220. The smallest absolute Gasteiger partial charge is 0.253 e. The molecule has 1 unspecified atom stereocenters. The van der Waals surface area contributed by atoms with Crippen LogP contribution < -0.4 is 0 Å². The molecule has 45 heavy (non-hydrogen) atoms. The molecular weight excluding hydrogens is 581 g/mol. The Bertz CT molecular complexity index is 1550. The summed E-state index contributed by atoms with van der Waals surface area (Å²) >= 11 is 6.36. The second-order valence-corrected chi connectivity index (χ2v) is 12.5. The minimum Gasteiger partial charge on any atom is -0.339 e. The molecule has 4 nitrogen and oxygen atoms in total. The zero-order valence-corrected chi connectivity index (χ0v) is 29.2. The van der Waals surface area contributed by atoms with Gasteiger partial charge in [0.2, 0.25) is 0 Å². The second kappa shape index (κ2) is 17.3. The van der Waals surface area contributed by atoms with Crippen molar-refractivity contribution < 1.29 is 9.18 Å². The Hall–Kier alpha value is -3.44. The number of carbonyl (C=O) groups excluding carboxylic acids is 1. The van der Waals surface area contributed by atoms with Gasteiger partial charge >= 0.3 is 0 Å². The van der Waals surface area contributed by atoms with E-state index in [-0.39, 0.29) is 11.8 Å². The van der Waals surface area contributed by atoms with Gasteiger partial charge in [-0.15, -0.1) is 0 Å². The highest BCUT2D eigenvalue weighted by molar-refractivity contribution is 6.31. The van der Waals surface area contributed by atoms with E-state index in [9.17, 15) is 9.18 Å². The zero-order chi connectivity index (χ0) is 33.1. The lowest BCUT2D eigenvalue weighted by Crippen LogP contribution is -2.38. The number of rotatable bonds is 9. The highest BCUT2D eigenvalue weighted by Crippen LogP contribution is 2.34. The average molecular weight is 632 g/mol. The molecule has 0 spiro atoms. The molecule has 1 aliphatic heterocycles. The molecule has 1 atom stereocenters. The Morgan fingerprint density at radius 1 is 1.07 bits per heavy atom. The van der Waals surface area contributed by atoms with E-state index in [4.69, 9.17) is 16.6 Å². The summed E-state index contributed by atoms with van der Waals surface area (Å²) in [5.41, 5.74) is 6.53. The Morgan fingerprint density at radius 2 is 1.73 bits per heavy atom. The van der Waals surface area contributed by atoms with E-state index < -0.39 is 6.30 Å². The summed E-state index contributed by atoms with van der Waals surface area (Å²) < 4.78 is 16.3. The van der Waals surface area contributed by atoms with Gasteiger partial charge in [0.15, 0.2) is 6.30 Å². The van der Waals surface area contributed by atoms with E-state index in [1.807, 2.05) is 80.3 Å². The van der Waals surface area contributed by atoms with Gasteiger partial charge in [-0.05, 0) is 105 Å². The van der Waals surface area contributed by atoms with E-state index in [1.54, 1.807) is 11.5 Å². The predicted molar refractivity (Wildman–Crippen MR) is 191 cm³/mol. The molecule has 1 saturated heterocycles. The van der Waals surface area contributed by atoms with Crippen molar-refractivity contribution in [1.29, 1.82) is 0 Å². The SMILES string of the molecule is C/C=C(C(/C=C/CC)=C/C(Cl)=C\C)\c1ccc(C(=O)N2CCC(c3nc4ccccc4n3C(C)F)CC2)cc1C.CCC(C)C. The van der Waals surface area contributed by atoms with E-state index in [0.717, 1.165) is 64.3 Å². The average Bonchev–Trinajstić information content (AvgIpc) is 3.44. The summed E-state index contributed by atoms with van der Waals surface area (Å²) in [7, 11) is 0. The largest absolute Gasteiger partial charge is 0.339 e. The summed E-state index contributed by atoms with van der Waals surface area (Å²) in [5.74, 6) is 1.80. The number of hydrogen-bond donors (Lipinski definition) is 0. The standard InChI is InChI=1S/C34H39ClFN3O.C5H12/c1-6-9-12-26(22-28(35)7-2)29(8-3)30-16-15-27(21-23(30)4)34(40)38-19-17-25(18-20-38)33-37-31-13-10-11-14-32(31)39(33)24(5)36;1-4-5(2)3/h7-16,21-22,24-25H,6,17-20H2,1-5H3;5H,4H2,1-3H3/b12-9+,26-22+,28-7+,29-8-;. The topological polar surface area (TPSA) is 38.1 Å². The van der Waals surface area contributed by atoms with Gasteiger partial charge in [0, 0.05) is 29.6 Å². The van der Waals surface area contributed by atoms with Crippen molar-refractivity contribution in [1.82, 2.24) is 14.5 Å². The van der Waals surface area contributed by atoms with Crippen LogP contribution in [0.3, 0.4) is 0 Å². The van der Waals surface area contributed by atoms with Gasteiger partial charge < -0.3 is 4.90 Å². The van der Waals surface area contributed by atoms with Gasteiger partial charge in [0.25, 0.3) is 5.91 Å². The molecular formula is C39H51ClFN3O. The van der Waals surface area contributed by atoms with E-state index >= 15 is 0 Å². The number of aryl methyl sites for hydroxylation is 1. The number of alkyl halides is 1. The first-order chi connectivity index (χ1) is 21.6. The first-order valence-electron chi connectivity index (χ1n) is 16.4. The lowest BCUT2D eigenvalue weighted by molar-refractivity contribution is 0.0708. The summed E-state index contributed by atoms with van der Waals surface area (Å²) in [5, 5.41) is 0.680. The Balaban J connectivity index is 0.00000102. The highest BCUT2D eigenvalue weighted by Gasteiger charge is 2.29. The van der Waals surface area contributed by atoms with Crippen molar-refractivity contribution in [2.24, 2.45) is 5.92 Å². The van der Waals surface area contributed by atoms with Crippen LogP contribution in [0.15, 0.2) is 83.5 Å².